The Kier molecular flexibility index (Phi) is 10.4. The summed E-state index contributed by atoms with van der Waals surface area (Å²) < 4.78 is 5.98. The number of halogens is 1. The number of rotatable bonds is 8. The largest absolute Gasteiger partial charge is 0.488 e. The Morgan fingerprint density at radius 1 is 1.14 bits per heavy atom. The zero-order valence-corrected chi connectivity index (χ0v) is 19.7. The number of hydrogen-bond acceptors (Lipinski definition) is 4. The van der Waals surface area contributed by atoms with Crippen molar-refractivity contribution in [3.63, 3.8) is 0 Å². The highest BCUT2D eigenvalue weighted by Gasteiger charge is 2.21. The third kappa shape index (κ3) is 7.40. The molecule has 1 fully saturated rings. The van der Waals surface area contributed by atoms with Crippen LogP contribution >= 0.6 is 24.0 Å². The third-order valence-corrected chi connectivity index (χ3v) is 5.30. The molecule has 7 heteroatoms. The first kappa shape index (κ1) is 23.2. The molecule has 1 unspecified atom stereocenters. The molecule has 2 aliphatic heterocycles. The number of aliphatic imine (C=N–C) groups is 1. The van der Waals surface area contributed by atoms with E-state index in [0.717, 1.165) is 31.2 Å². The number of ether oxygens (including phenoxy) is 1. The number of para-hydroxylation sites is 1. The zero-order valence-electron chi connectivity index (χ0n) is 17.3. The van der Waals surface area contributed by atoms with Crippen LogP contribution in [-0.2, 0) is 6.42 Å². The standard InChI is InChI=1S/C21H35N5O.HI/c1-3-22-21(23-10-6-7-11-26-14-12-25(2)13-15-26)24-17-19-16-18-8-4-5-9-20(18)27-19;/h4-5,8-9,19H,3,6-7,10-17H2,1-2H3,(H2,22,23,24);1H. The molecule has 1 aromatic carbocycles. The van der Waals surface area contributed by atoms with E-state index in [9.17, 15) is 0 Å². The minimum atomic E-state index is 0. The van der Waals surface area contributed by atoms with Crippen molar-refractivity contribution in [2.45, 2.75) is 32.3 Å². The van der Waals surface area contributed by atoms with E-state index in [2.05, 4.69) is 46.5 Å². The van der Waals surface area contributed by atoms with Crippen LogP contribution in [0.25, 0.3) is 0 Å². The third-order valence-electron chi connectivity index (χ3n) is 5.30. The molecule has 0 radical (unpaired) electrons. The van der Waals surface area contributed by atoms with Gasteiger partial charge >= 0.3 is 0 Å². The summed E-state index contributed by atoms with van der Waals surface area (Å²) in [5.41, 5.74) is 1.29. The number of nitrogens with one attached hydrogen (secondary N) is 2. The summed E-state index contributed by atoms with van der Waals surface area (Å²) in [7, 11) is 2.21. The van der Waals surface area contributed by atoms with Gasteiger partial charge in [0.05, 0.1) is 6.54 Å². The average Bonchev–Trinajstić information content (AvgIpc) is 3.10. The second-order valence-corrected chi connectivity index (χ2v) is 7.55. The van der Waals surface area contributed by atoms with Gasteiger partial charge in [-0.2, -0.15) is 0 Å². The molecule has 0 spiro atoms. The molecule has 1 saturated heterocycles. The van der Waals surface area contributed by atoms with E-state index in [1.54, 1.807) is 0 Å². The molecule has 2 heterocycles. The number of guanidine groups is 1. The topological polar surface area (TPSA) is 52.1 Å². The quantitative estimate of drug-likeness (QED) is 0.248. The average molecular weight is 501 g/mol. The molecule has 0 amide bonds. The maximum absolute atomic E-state index is 5.98. The molecule has 3 rings (SSSR count). The number of likely N-dealkylation sites (N-methyl/N-ethyl adjacent to an activating group) is 1. The summed E-state index contributed by atoms with van der Waals surface area (Å²) in [5.74, 6) is 1.91. The molecule has 0 aliphatic carbocycles. The predicted molar refractivity (Wildman–Crippen MR) is 127 cm³/mol. The van der Waals surface area contributed by atoms with Gasteiger partial charge in [0.1, 0.15) is 11.9 Å². The number of nitrogens with zero attached hydrogens (tertiary/aromatic N) is 3. The second-order valence-electron chi connectivity index (χ2n) is 7.55. The SMILES string of the molecule is CCNC(=NCC1Cc2ccccc2O1)NCCCCN1CCN(C)CC1.I. The molecule has 0 saturated carbocycles. The highest BCUT2D eigenvalue weighted by molar-refractivity contribution is 14.0. The molecular weight excluding hydrogens is 465 g/mol. The van der Waals surface area contributed by atoms with E-state index in [0.29, 0.717) is 6.54 Å². The summed E-state index contributed by atoms with van der Waals surface area (Å²) in [5, 5.41) is 6.81. The van der Waals surface area contributed by atoms with Crippen molar-refractivity contribution >= 4 is 29.9 Å². The van der Waals surface area contributed by atoms with E-state index in [-0.39, 0.29) is 30.1 Å². The van der Waals surface area contributed by atoms with Crippen LogP contribution in [0.2, 0.25) is 0 Å². The van der Waals surface area contributed by atoms with Crippen LogP contribution in [0, 0.1) is 0 Å². The monoisotopic (exact) mass is 501 g/mol. The lowest BCUT2D eigenvalue weighted by atomic mass is 10.1. The number of hydrogen-bond donors (Lipinski definition) is 2. The maximum Gasteiger partial charge on any atom is 0.191 e. The van der Waals surface area contributed by atoms with Gasteiger partial charge in [-0.15, -0.1) is 24.0 Å². The number of fused-ring (bicyclic) bond motifs is 1. The zero-order chi connectivity index (χ0) is 18.9. The number of benzene rings is 1. The first-order valence-electron chi connectivity index (χ1n) is 10.4. The fourth-order valence-electron chi connectivity index (χ4n) is 3.63. The molecule has 1 aromatic rings. The van der Waals surface area contributed by atoms with Gasteiger partial charge in [0.25, 0.3) is 0 Å². The van der Waals surface area contributed by atoms with Gasteiger partial charge in [-0.1, -0.05) is 18.2 Å². The molecular formula is C21H36IN5O. The van der Waals surface area contributed by atoms with Gasteiger partial charge < -0.3 is 25.2 Å². The van der Waals surface area contributed by atoms with Crippen LogP contribution in [-0.4, -0.2) is 81.3 Å². The lowest BCUT2D eigenvalue weighted by Crippen LogP contribution is -2.44. The van der Waals surface area contributed by atoms with Crippen molar-refractivity contribution < 1.29 is 4.74 Å². The Morgan fingerprint density at radius 3 is 2.68 bits per heavy atom. The van der Waals surface area contributed by atoms with E-state index >= 15 is 0 Å². The second kappa shape index (κ2) is 12.5. The van der Waals surface area contributed by atoms with Gasteiger partial charge in [0.2, 0.25) is 0 Å². The highest BCUT2D eigenvalue weighted by Crippen LogP contribution is 2.28. The highest BCUT2D eigenvalue weighted by atomic mass is 127. The minimum absolute atomic E-state index is 0. The van der Waals surface area contributed by atoms with Crippen molar-refractivity contribution in [3.05, 3.63) is 29.8 Å². The minimum Gasteiger partial charge on any atom is -0.488 e. The van der Waals surface area contributed by atoms with Gasteiger partial charge in [0, 0.05) is 45.7 Å². The molecule has 2 N–H and O–H groups in total. The molecule has 6 nitrogen and oxygen atoms in total. The lowest BCUT2D eigenvalue weighted by molar-refractivity contribution is 0.152. The summed E-state index contributed by atoms with van der Waals surface area (Å²) in [6, 6.07) is 8.28. The van der Waals surface area contributed by atoms with Crippen LogP contribution in [0.3, 0.4) is 0 Å². The van der Waals surface area contributed by atoms with Crippen LogP contribution < -0.4 is 15.4 Å². The van der Waals surface area contributed by atoms with Crippen molar-refractivity contribution in [3.8, 4) is 5.75 Å². The molecule has 0 bridgehead atoms. The first-order valence-corrected chi connectivity index (χ1v) is 10.4. The maximum atomic E-state index is 5.98. The Morgan fingerprint density at radius 2 is 1.93 bits per heavy atom. The van der Waals surface area contributed by atoms with Gasteiger partial charge in [0.15, 0.2) is 5.96 Å². The molecule has 0 aromatic heterocycles. The van der Waals surface area contributed by atoms with Crippen molar-refractivity contribution in [1.82, 2.24) is 20.4 Å². The van der Waals surface area contributed by atoms with Crippen LogP contribution in [0.1, 0.15) is 25.3 Å². The lowest BCUT2D eigenvalue weighted by Gasteiger charge is -2.32. The number of piperazine rings is 1. The molecule has 158 valence electrons. The van der Waals surface area contributed by atoms with Gasteiger partial charge in [-0.3, -0.25) is 0 Å². The molecule has 1 atom stereocenters. The van der Waals surface area contributed by atoms with E-state index in [1.165, 1.54) is 51.1 Å². The fourth-order valence-corrected chi connectivity index (χ4v) is 3.63. The Balaban J connectivity index is 0.00000280. The summed E-state index contributed by atoms with van der Waals surface area (Å²) >= 11 is 0. The Hall–Kier alpha value is -1.06. The first-order chi connectivity index (χ1) is 13.2. The van der Waals surface area contributed by atoms with Crippen molar-refractivity contribution in [1.29, 1.82) is 0 Å². The fraction of sp³-hybridized carbons (Fsp3) is 0.667. The summed E-state index contributed by atoms with van der Waals surface area (Å²) in [6.45, 7) is 10.6. The smallest absolute Gasteiger partial charge is 0.191 e. The normalized spacial score (nSPS) is 20.2. The van der Waals surface area contributed by atoms with Crippen molar-refractivity contribution in [2.24, 2.45) is 4.99 Å². The van der Waals surface area contributed by atoms with Crippen LogP contribution in [0.4, 0.5) is 0 Å². The van der Waals surface area contributed by atoms with E-state index in [1.807, 2.05) is 12.1 Å². The Bertz CT molecular complexity index is 579. The van der Waals surface area contributed by atoms with E-state index < -0.39 is 0 Å². The molecule has 2 aliphatic rings. The van der Waals surface area contributed by atoms with Gasteiger partial charge in [-0.25, -0.2) is 4.99 Å². The predicted octanol–water partition coefficient (Wildman–Crippen LogP) is 2.19. The van der Waals surface area contributed by atoms with Crippen molar-refractivity contribution in [2.75, 3.05) is 59.4 Å². The number of unbranched alkanes of at least 4 members (excludes halogenated alkanes) is 1. The molecule has 28 heavy (non-hydrogen) atoms. The van der Waals surface area contributed by atoms with Crippen LogP contribution in [0.5, 0.6) is 5.75 Å². The van der Waals surface area contributed by atoms with E-state index in [4.69, 9.17) is 9.73 Å². The van der Waals surface area contributed by atoms with Crippen LogP contribution in [0.15, 0.2) is 29.3 Å². The summed E-state index contributed by atoms with van der Waals surface area (Å²) in [6.07, 6.45) is 3.50. The van der Waals surface area contributed by atoms with Gasteiger partial charge in [-0.05, 0) is 45.0 Å². The summed E-state index contributed by atoms with van der Waals surface area (Å²) in [4.78, 5) is 9.71. The Labute approximate surface area is 187 Å².